The van der Waals surface area contributed by atoms with Crippen LogP contribution in [0.3, 0.4) is 0 Å². The van der Waals surface area contributed by atoms with Crippen LogP contribution >= 0.6 is 22.6 Å². The Morgan fingerprint density at radius 1 is 1.56 bits per heavy atom. The first-order chi connectivity index (χ1) is 8.52. The van der Waals surface area contributed by atoms with E-state index in [0.717, 1.165) is 24.1 Å². The van der Waals surface area contributed by atoms with Crippen LogP contribution < -0.4 is 5.73 Å². The van der Waals surface area contributed by atoms with Crippen LogP contribution in [0.25, 0.3) is 11.0 Å². The molecule has 1 aliphatic rings. The molecule has 0 spiro atoms. The molecule has 1 fully saturated rings. The quantitative estimate of drug-likeness (QED) is 0.799. The van der Waals surface area contributed by atoms with Crippen molar-refractivity contribution in [1.82, 2.24) is 9.55 Å². The molecule has 18 heavy (non-hydrogen) atoms. The van der Waals surface area contributed by atoms with Crippen LogP contribution in [0.15, 0.2) is 18.2 Å². The SMILES string of the molecule is CC1OCCC1(C)n1c(N)nc2cc(I)ccc21. The fourth-order valence-corrected chi connectivity index (χ4v) is 3.20. The number of hydrogen-bond donors (Lipinski definition) is 1. The molecule has 96 valence electrons. The van der Waals surface area contributed by atoms with Crippen molar-refractivity contribution in [2.45, 2.75) is 31.9 Å². The van der Waals surface area contributed by atoms with Gasteiger partial charge in [0.05, 0.1) is 22.7 Å². The minimum atomic E-state index is -0.106. The highest BCUT2D eigenvalue weighted by Crippen LogP contribution is 2.37. The normalized spacial score (nSPS) is 28.1. The summed E-state index contributed by atoms with van der Waals surface area (Å²) < 4.78 is 9.02. The maximum Gasteiger partial charge on any atom is 0.201 e. The van der Waals surface area contributed by atoms with Gasteiger partial charge in [-0.15, -0.1) is 0 Å². The predicted octanol–water partition coefficient (Wildman–Crippen LogP) is 2.75. The van der Waals surface area contributed by atoms with E-state index in [9.17, 15) is 0 Å². The molecule has 2 atom stereocenters. The summed E-state index contributed by atoms with van der Waals surface area (Å²) in [5.74, 6) is 0.576. The lowest BCUT2D eigenvalue weighted by Gasteiger charge is -2.31. The van der Waals surface area contributed by atoms with E-state index >= 15 is 0 Å². The van der Waals surface area contributed by atoms with Crippen LogP contribution in [0.2, 0.25) is 0 Å². The molecule has 4 nitrogen and oxygen atoms in total. The predicted molar refractivity (Wildman–Crippen MR) is 80.5 cm³/mol. The molecular weight excluding hydrogens is 341 g/mol. The lowest BCUT2D eigenvalue weighted by Crippen LogP contribution is -2.37. The van der Waals surface area contributed by atoms with E-state index in [1.807, 2.05) is 0 Å². The number of halogens is 1. The van der Waals surface area contributed by atoms with Crippen molar-refractivity contribution < 1.29 is 4.74 Å². The number of nitrogen functional groups attached to an aromatic ring is 1. The summed E-state index contributed by atoms with van der Waals surface area (Å²) in [5.41, 5.74) is 8.07. The lowest BCUT2D eigenvalue weighted by molar-refractivity contribution is 0.0783. The molecule has 2 unspecified atom stereocenters. The van der Waals surface area contributed by atoms with E-state index in [-0.39, 0.29) is 11.6 Å². The summed E-state index contributed by atoms with van der Waals surface area (Å²) in [4.78, 5) is 4.48. The van der Waals surface area contributed by atoms with E-state index < -0.39 is 0 Å². The fourth-order valence-electron chi connectivity index (χ4n) is 2.73. The van der Waals surface area contributed by atoms with E-state index in [1.165, 1.54) is 3.57 Å². The molecule has 0 aliphatic carbocycles. The highest BCUT2D eigenvalue weighted by molar-refractivity contribution is 14.1. The van der Waals surface area contributed by atoms with Crippen LogP contribution in [-0.4, -0.2) is 22.3 Å². The molecule has 1 saturated heterocycles. The standard InChI is InChI=1S/C13H16IN3O/c1-8-13(2,5-6-18-8)17-11-4-3-9(14)7-10(11)16-12(17)15/h3-4,7-8H,5-6H2,1-2H3,(H2,15,16). The molecule has 0 saturated carbocycles. The van der Waals surface area contributed by atoms with Gasteiger partial charge in [0.25, 0.3) is 0 Å². The van der Waals surface area contributed by atoms with Crippen molar-refractivity contribution >= 4 is 39.6 Å². The minimum absolute atomic E-state index is 0.106. The Morgan fingerprint density at radius 2 is 2.33 bits per heavy atom. The van der Waals surface area contributed by atoms with Crippen molar-refractivity contribution in [1.29, 1.82) is 0 Å². The summed E-state index contributed by atoms with van der Waals surface area (Å²) in [5, 5.41) is 0. The van der Waals surface area contributed by atoms with Crippen molar-refractivity contribution in [2.24, 2.45) is 0 Å². The van der Waals surface area contributed by atoms with Gasteiger partial charge in [-0.1, -0.05) is 0 Å². The molecule has 0 amide bonds. The maximum absolute atomic E-state index is 6.12. The van der Waals surface area contributed by atoms with Gasteiger partial charge in [-0.2, -0.15) is 0 Å². The molecule has 0 bridgehead atoms. The van der Waals surface area contributed by atoms with Crippen LogP contribution in [0.5, 0.6) is 0 Å². The Hall–Kier alpha value is -0.820. The summed E-state index contributed by atoms with van der Waals surface area (Å²) in [6, 6.07) is 6.24. The van der Waals surface area contributed by atoms with Gasteiger partial charge in [-0.3, -0.25) is 0 Å². The molecule has 3 rings (SSSR count). The zero-order valence-corrected chi connectivity index (χ0v) is 12.6. The van der Waals surface area contributed by atoms with Gasteiger partial charge in [-0.25, -0.2) is 4.98 Å². The number of benzene rings is 1. The first kappa shape index (κ1) is 12.2. The Balaban J connectivity index is 2.25. The van der Waals surface area contributed by atoms with Crippen LogP contribution in [-0.2, 0) is 10.3 Å². The highest BCUT2D eigenvalue weighted by Gasteiger charge is 2.40. The molecule has 5 heteroatoms. The zero-order chi connectivity index (χ0) is 12.9. The molecule has 1 aromatic heterocycles. The molecule has 0 radical (unpaired) electrons. The van der Waals surface area contributed by atoms with Crippen molar-refractivity contribution in [3.63, 3.8) is 0 Å². The van der Waals surface area contributed by atoms with Gasteiger partial charge in [0.15, 0.2) is 0 Å². The van der Waals surface area contributed by atoms with E-state index in [4.69, 9.17) is 10.5 Å². The van der Waals surface area contributed by atoms with Crippen molar-refractivity contribution in [2.75, 3.05) is 12.3 Å². The molecule has 2 aromatic rings. The van der Waals surface area contributed by atoms with Gasteiger partial charge in [0.2, 0.25) is 5.95 Å². The summed E-state index contributed by atoms with van der Waals surface area (Å²) >= 11 is 2.29. The zero-order valence-electron chi connectivity index (χ0n) is 10.5. The Morgan fingerprint density at radius 3 is 3.00 bits per heavy atom. The summed E-state index contributed by atoms with van der Waals surface area (Å²) in [6.07, 6.45) is 1.12. The summed E-state index contributed by atoms with van der Waals surface area (Å²) in [6.45, 7) is 5.08. The number of rotatable bonds is 1. The molecule has 1 aromatic carbocycles. The number of anilines is 1. The fraction of sp³-hybridized carbons (Fsp3) is 0.462. The summed E-state index contributed by atoms with van der Waals surface area (Å²) in [7, 11) is 0. The number of aromatic nitrogens is 2. The Kier molecular flexibility index (Phi) is 2.78. The Labute approximate surface area is 120 Å². The van der Waals surface area contributed by atoms with E-state index in [2.05, 4.69) is 64.2 Å². The lowest BCUT2D eigenvalue weighted by atomic mass is 9.94. The number of ether oxygens (including phenoxy) is 1. The van der Waals surface area contributed by atoms with Gasteiger partial charge in [0, 0.05) is 10.2 Å². The van der Waals surface area contributed by atoms with Crippen molar-refractivity contribution in [3.8, 4) is 0 Å². The number of nitrogens with two attached hydrogens (primary N) is 1. The monoisotopic (exact) mass is 357 g/mol. The third-order valence-electron chi connectivity index (χ3n) is 4.01. The third-order valence-corrected chi connectivity index (χ3v) is 4.68. The molecule has 2 heterocycles. The second-order valence-electron chi connectivity index (χ2n) is 5.06. The van der Waals surface area contributed by atoms with Crippen LogP contribution in [0.1, 0.15) is 20.3 Å². The topological polar surface area (TPSA) is 53.1 Å². The number of imidazole rings is 1. The van der Waals surface area contributed by atoms with Gasteiger partial charge < -0.3 is 15.0 Å². The minimum Gasteiger partial charge on any atom is -0.376 e. The van der Waals surface area contributed by atoms with Gasteiger partial charge in [0.1, 0.15) is 0 Å². The Bertz CT molecular complexity index is 610. The largest absolute Gasteiger partial charge is 0.376 e. The average Bonchev–Trinajstić information content (AvgIpc) is 2.79. The second kappa shape index (κ2) is 4.09. The van der Waals surface area contributed by atoms with E-state index in [0.29, 0.717) is 5.95 Å². The molecule has 2 N–H and O–H groups in total. The number of nitrogens with zero attached hydrogens (tertiary/aromatic N) is 2. The first-order valence-electron chi connectivity index (χ1n) is 6.08. The van der Waals surface area contributed by atoms with Crippen LogP contribution in [0, 0.1) is 3.57 Å². The number of fused-ring (bicyclic) bond motifs is 1. The maximum atomic E-state index is 6.12. The number of hydrogen-bond acceptors (Lipinski definition) is 3. The second-order valence-corrected chi connectivity index (χ2v) is 6.30. The van der Waals surface area contributed by atoms with E-state index in [1.54, 1.807) is 0 Å². The van der Waals surface area contributed by atoms with Crippen LogP contribution in [0.4, 0.5) is 5.95 Å². The highest BCUT2D eigenvalue weighted by atomic mass is 127. The van der Waals surface area contributed by atoms with Gasteiger partial charge in [-0.05, 0) is 61.1 Å². The average molecular weight is 357 g/mol. The molecular formula is C13H16IN3O. The van der Waals surface area contributed by atoms with Gasteiger partial charge >= 0.3 is 0 Å². The molecule has 1 aliphatic heterocycles. The van der Waals surface area contributed by atoms with Crippen molar-refractivity contribution in [3.05, 3.63) is 21.8 Å². The third kappa shape index (κ3) is 1.64. The first-order valence-corrected chi connectivity index (χ1v) is 7.16. The smallest absolute Gasteiger partial charge is 0.201 e.